The molecule has 1 aliphatic carbocycles. The summed E-state index contributed by atoms with van der Waals surface area (Å²) in [6.07, 6.45) is 6.31. The van der Waals surface area contributed by atoms with Crippen molar-refractivity contribution in [3.05, 3.63) is 0 Å². The molecule has 0 radical (unpaired) electrons. The van der Waals surface area contributed by atoms with Gasteiger partial charge in [0.2, 0.25) is 11.9 Å². The Morgan fingerprint density at radius 2 is 1.86 bits per heavy atom. The topological polar surface area (TPSA) is 63.2 Å². The quantitative estimate of drug-likeness (QED) is 0.870. The maximum Gasteiger partial charge on any atom is 0.322 e. The number of nitrogens with one attached hydrogen (secondary N) is 1. The highest BCUT2D eigenvalue weighted by molar-refractivity contribution is 5.38. The van der Waals surface area contributed by atoms with Gasteiger partial charge < -0.3 is 15.0 Å². The van der Waals surface area contributed by atoms with Crippen LogP contribution < -0.4 is 15.0 Å². The zero-order valence-electron chi connectivity index (χ0n) is 13.6. The summed E-state index contributed by atoms with van der Waals surface area (Å²) < 4.78 is 5.18. The van der Waals surface area contributed by atoms with Crippen LogP contribution in [0, 0.1) is 5.92 Å². The standard InChI is InChI=1S/C15H27N5O/c1-5-11-7-9-12(10-8-11)20(3)14-17-13(16-6-2)18-15(19-14)21-4/h11-12H,5-10H2,1-4H3,(H,16,17,18,19). The van der Waals surface area contributed by atoms with Gasteiger partial charge >= 0.3 is 6.01 Å². The summed E-state index contributed by atoms with van der Waals surface area (Å²) >= 11 is 0. The van der Waals surface area contributed by atoms with Crippen LogP contribution in [0.1, 0.15) is 46.0 Å². The summed E-state index contributed by atoms with van der Waals surface area (Å²) in [7, 11) is 3.66. The molecule has 0 bridgehead atoms. The van der Waals surface area contributed by atoms with Gasteiger partial charge in [-0.3, -0.25) is 0 Å². The zero-order valence-corrected chi connectivity index (χ0v) is 13.6. The van der Waals surface area contributed by atoms with Gasteiger partial charge in [-0.25, -0.2) is 0 Å². The van der Waals surface area contributed by atoms with E-state index in [1.165, 1.54) is 32.1 Å². The van der Waals surface area contributed by atoms with Crippen molar-refractivity contribution in [1.82, 2.24) is 15.0 Å². The van der Waals surface area contributed by atoms with Gasteiger partial charge in [-0.1, -0.05) is 13.3 Å². The van der Waals surface area contributed by atoms with E-state index in [4.69, 9.17) is 4.74 Å². The first-order valence-electron chi connectivity index (χ1n) is 7.94. The fourth-order valence-electron chi connectivity index (χ4n) is 2.94. The number of aromatic nitrogens is 3. The number of ether oxygens (including phenoxy) is 1. The van der Waals surface area contributed by atoms with Crippen molar-refractivity contribution in [3.63, 3.8) is 0 Å². The lowest BCUT2D eigenvalue weighted by Crippen LogP contribution is -2.36. The van der Waals surface area contributed by atoms with Crippen molar-refractivity contribution in [2.24, 2.45) is 5.92 Å². The Labute approximate surface area is 127 Å². The molecule has 1 heterocycles. The molecule has 1 fully saturated rings. The average Bonchev–Trinajstić information content (AvgIpc) is 2.54. The molecule has 0 spiro atoms. The summed E-state index contributed by atoms with van der Waals surface area (Å²) in [5, 5.41) is 3.13. The second kappa shape index (κ2) is 7.43. The molecule has 0 atom stereocenters. The molecule has 0 saturated heterocycles. The molecule has 1 saturated carbocycles. The number of nitrogens with zero attached hydrogens (tertiary/aromatic N) is 4. The summed E-state index contributed by atoms with van der Waals surface area (Å²) in [5.41, 5.74) is 0. The largest absolute Gasteiger partial charge is 0.467 e. The SMILES string of the molecule is CCNc1nc(OC)nc(N(C)C2CCC(CC)CC2)n1. The van der Waals surface area contributed by atoms with Gasteiger partial charge in [0.15, 0.2) is 0 Å². The van der Waals surface area contributed by atoms with E-state index in [1.54, 1.807) is 7.11 Å². The van der Waals surface area contributed by atoms with E-state index in [9.17, 15) is 0 Å². The van der Waals surface area contributed by atoms with Crippen LogP contribution in [0.3, 0.4) is 0 Å². The Hall–Kier alpha value is -1.59. The van der Waals surface area contributed by atoms with Gasteiger partial charge in [0, 0.05) is 19.6 Å². The second-order valence-electron chi connectivity index (χ2n) is 5.67. The van der Waals surface area contributed by atoms with E-state index in [0.29, 0.717) is 23.9 Å². The van der Waals surface area contributed by atoms with E-state index in [2.05, 4.69) is 39.1 Å². The van der Waals surface area contributed by atoms with Crippen LogP contribution in [0.2, 0.25) is 0 Å². The molecule has 0 aliphatic heterocycles. The molecule has 6 heteroatoms. The van der Waals surface area contributed by atoms with E-state index in [-0.39, 0.29) is 0 Å². The Morgan fingerprint density at radius 1 is 1.14 bits per heavy atom. The van der Waals surface area contributed by atoms with Crippen molar-refractivity contribution in [2.75, 3.05) is 30.9 Å². The van der Waals surface area contributed by atoms with Crippen LogP contribution in [0.15, 0.2) is 0 Å². The molecule has 1 aromatic rings. The smallest absolute Gasteiger partial charge is 0.322 e. The number of rotatable bonds is 6. The van der Waals surface area contributed by atoms with Crippen LogP contribution in [-0.4, -0.2) is 41.7 Å². The highest BCUT2D eigenvalue weighted by Crippen LogP contribution is 2.30. The van der Waals surface area contributed by atoms with Crippen molar-refractivity contribution in [1.29, 1.82) is 0 Å². The highest BCUT2D eigenvalue weighted by atomic mass is 16.5. The Balaban J connectivity index is 2.10. The molecule has 1 aliphatic rings. The summed E-state index contributed by atoms with van der Waals surface area (Å²) in [6, 6.07) is 0.874. The molecule has 0 unspecified atom stereocenters. The Bertz CT molecular complexity index is 446. The normalized spacial score (nSPS) is 21.9. The first-order chi connectivity index (χ1) is 10.2. The van der Waals surface area contributed by atoms with Crippen LogP contribution in [0.5, 0.6) is 6.01 Å². The van der Waals surface area contributed by atoms with E-state index < -0.39 is 0 Å². The summed E-state index contributed by atoms with van der Waals surface area (Å²) in [4.78, 5) is 15.3. The van der Waals surface area contributed by atoms with Crippen LogP contribution in [0.4, 0.5) is 11.9 Å². The molecule has 6 nitrogen and oxygen atoms in total. The first kappa shape index (κ1) is 15.8. The lowest BCUT2D eigenvalue weighted by Gasteiger charge is -2.34. The minimum Gasteiger partial charge on any atom is -0.467 e. The van der Waals surface area contributed by atoms with E-state index in [0.717, 1.165) is 12.5 Å². The monoisotopic (exact) mass is 293 g/mol. The summed E-state index contributed by atoms with van der Waals surface area (Å²) in [5.74, 6) is 2.16. The molecule has 0 aromatic carbocycles. The van der Waals surface area contributed by atoms with Crippen molar-refractivity contribution >= 4 is 11.9 Å². The molecule has 1 N–H and O–H groups in total. The zero-order chi connectivity index (χ0) is 15.2. The lowest BCUT2D eigenvalue weighted by molar-refractivity contribution is 0.311. The third-order valence-electron chi connectivity index (χ3n) is 4.38. The molecular weight excluding hydrogens is 266 g/mol. The Kier molecular flexibility index (Phi) is 5.59. The van der Waals surface area contributed by atoms with Gasteiger partial charge in [-0.15, -0.1) is 0 Å². The molecule has 2 rings (SSSR count). The minimum atomic E-state index is 0.366. The highest BCUT2D eigenvalue weighted by Gasteiger charge is 2.25. The van der Waals surface area contributed by atoms with Crippen LogP contribution >= 0.6 is 0 Å². The van der Waals surface area contributed by atoms with Crippen molar-refractivity contribution in [3.8, 4) is 6.01 Å². The van der Waals surface area contributed by atoms with Gasteiger partial charge in [0.05, 0.1) is 7.11 Å². The molecule has 118 valence electrons. The number of hydrogen-bond acceptors (Lipinski definition) is 6. The lowest BCUT2D eigenvalue weighted by atomic mass is 9.84. The van der Waals surface area contributed by atoms with E-state index in [1.807, 2.05) is 6.92 Å². The molecule has 0 amide bonds. The van der Waals surface area contributed by atoms with Crippen molar-refractivity contribution in [2.45, 2.75) is 52.0 Å². The molecule has 21 heavy (non-hydrogen) atoms. The minimum absolute atomic E-state index is 0.366. The summed E-state index contributed by atoms with van der Waals surface area (Å²) in [6.45, 7) is 5.08. The third kappa shape index (κ3) is 3.95. The predicted molar refractivity (Wildman–Crippen MR) is 85.0 cm³/mol. The predicted octanol–water partition coefficient (Wildman–Crippen LogP) is 2.72. The number of hydrogen-bond donors (Lipinski definition) is 1. The van der Waals surface area contributed by atoms with Gasteiger partial charge in [-0.2, -0.15) is 15.0 Å². The van der Waals surface area contributed by atoms with Gasteiger partial charge in [0.1, 0.15) is 0 Å². The average molecular weight is 293 g/mol. The molecule has 1 aromatic heterocycles. The first-order valence-corrected chi connectivity index (χ1v) is 7.94. The Morgan fingerprint density at radius 3 is 2.43 bits per heavy atom. The maximum atomic E-state index is 5.18. The maximum absolute atomic E-state index is 5.18. The third-order valence-corrected chi connectivity index (χ3v) is 4.38. The van der Waals surface area contributed by atoms with Gasteiger partial charge in [-0.05, 0) is 38.5 Å². The second-order valence-corrected chi connectivity index (χ2v) is 5.67. The number of methoxy groups -OCH3 is 1. The fourth-order valence-corrected chi connectivity index (χ4v) is 2.94. The van der Waals surface area contributed by atoms with Crippen LogP contribution in [0.25, 0.3) is 0 Å². The molecular formula is C15H27N5O. The van der Waals surface area contributed by atoms with Crippen LogP contribution in [-0.2, 0) is 0 Å². The number of anilines is 2. The fraction of sp³-hybridized carbons (Fsp3) is 0.800. The van der Waals surface area contributed by atoms with Crippen molar-refractivity contribution < 1.29 is 4.74 Å². The van der Waals surface area contributed by atoms with Gasteiger partial charge in [0.25, 0.3) is 0 Å². The van der Waals surface area contributed by atoms with E-state index >= 15 is 0 Å².